The number of phenols is 1. The van der Waals surface area contributed by atoms with Gasteiger partial charge in [-0.2, -0.15) is 20.1 Å². The molecule has 158 valence electrons. The highest BCUT2D eigenvalue weighted by atomic mass is 16.6. The normalized spacial score (nSPS) is 14.0. The van der Waals surface area contributed by atoms with Crippen LogP contribution in [0.1, 0.15) is 5.56 Å². The van der Waals surface area contributed by atoms with Crippen LogP contribution in [0.5, 0.6) is 11.8 Å². The number of hydrogen-bond acceptors (Lipinski definition) is 13. The highest BCUT2D eigenvalue weighted by molar-refractivity contribution is 5.87. The fourth-order valence-electron chi connectivity index (χ4n) is 2.52. The Labute approximate surface area is 168 Å². The van der Waals surface area contributed by atoms with Gasteiger partial charge in [-0.05, 0) is 0 Å². The van der Waals surface area contributed by atoms with E-state index >= 15 is 0 Å². The summed E-state index contributed by atoms with van der Waals surface area (Å²) in [5, 5.41) is 35.8. The number of benzene rings is 1. The van der Waals surface area contributed by atoms with E-state index < -0.39 is 27.0 Å². The van der Waals surface area contributed by atoms with Gasteiger partial charge in [0.1, 0.15) is 0 Å². The molecule has 0 aliphatic carbocycles. The fraction of sp³-hybridized carbons (Fsp3) is 0.333. The van der Waals surface area contributed by atoms with Crippen LogP contribution in [0, 0.1) is 20.2 Å². The number of nitrogens with one attached hydrogen (secondary N) is 1. The zero-order valence-electron chi connectivity index (χ0n) is 15.6. The third-order valence-corrected chi connectivity index (χ3v) is 3.96. The van der Waals surface area contributed by atoms with Crippen LogP contribution in [0.15, 0.2) is 17.2 Å². The number of hydrazone groups is 1. The van der Waals surface area contributed by atoms with Gasteiger partial charge in [0.25, 0.3) is 11.6 Å². The summed E-state index contributed by atoms with van der Waals surface area (Å²) in [4.78, 5) is 34.5. The Balaban J connectivity index is 1.86. The Morgan fingerprint density at radius 3 is 2.60 bits per heavy atom. The molecule has 0 atom stereocenters. The summed E-state index contributed by atoms with van der Waals surface area (Å²) in [5.41, 5.74) is 0.863. The van der Waals surface area contributed by atoms with Gasteiger partial charge in [-0.25, -0.2) is 5.43 Å². The van der Waals surface area contributed by atoms with Gasteiger partial charge in [-0.15, -0.1) is 0 Å². The van der Waals surface area contributed by atoms with E-state index in [1.54, 1.807) is 0 Å². The summed E-state index contributed by atoms with van der Waals surface area (Å²) < 4.78 is 10.3. The minimum atomic E-state index is -0.932. The Hall–Kier alpha value is -4.14. The number of anilines is 2. The molecule has 0 saturated carbocycles. The zero-order valence-corrected chi connectivity index (χ0v) is 15.6. The van der Waals surface area contributed by atoms with Crippen LogP contribution in [0.25, 0.3) is 0 Å². The first-order valence-electron chi connectivity index (χ1n) is 8.46. The molecule has 1 aliphatic rings. The zero-order chi connectivity index (χ0) is 21.7. The predicted octanol–water partition coefficient (Wildman–Crippen LogP) is 0.685. The van der Waals surface area contributed by atoms with Crippen LogP contribution < -0.4 is 15.1 Å². The number of nitro groups is 2. The molecule has 3 rings (SSSR count). The number of aromatic nitrogens is 3. The van der Waals surface area contributed by atoms with E-state index in [2.05, 4.69) is 25.5 Å². The lowest BCUT2D eigenvalue weighted by Crippen LogP contribution is -2.37. The van der Waals surface area contributed by atoms with Crippen molar-refractivity contribution in [1.29, 1.82) is 0 Å². The summed E-state index contributed by atoms with van der Waals surface area (Å²) in [6.07, 6.45) is 0.972. The van der Waals surface area contributed by atoms with Gasteiger partial charge < -0.3 is 19.5 Å². The van der Waals surface area contributed by atoms with Gasteiger partial charge >= 0.3 is 11.7 Å². The number of morpholine rings is 1. The van der Waals surface area contributed by atoms with Crippen molar-refractivity contribution in [1.82, 2.24) is 15.0 Å². The third-order valence-electron chi connectivity index (χ3n) is 3.96. The summed E-state index contributed by atoms with van der Waals surface area (Å²) in [6, 6.07) is 1.63. The summed E-state index contributed by atoms with van der Waals surface area (Å²) in [6.45, 7) is 2.17. The molecular weight excluding hydrogens is 404 g/mol. The van der Waals surface area contributed by atoms with Crippen LogP contribution in [0.2, 0.25) is 0 Å². The Morgan fingerprint density at radius 2 is 1.97 bits per heavy atom. The molecular formula is C15H16N8O7. The highest BCUT2D eigenvalue weighted by Gasteiger charge is 2.23. The second-order valence-electron chi connectivity index (χ2n) is 5.83. The van der Waals surface area contributed by atoms with Crippen molar-refractivity contribution in [3.63, 3.8) is 0 Å². The molecule has 1 aromatic carbocycles. The Morgan fingerprint density at radius 1 is 1.23 bits per heavy atom. The maximum absolute atomic E-state index is 11.0. The smallest absolute Gasteiger partial charge is 0.322 e. The largest absolute Gasteiger partial charge is 0.502 e. The monoisotopic (exact) mass is 420 g/mol. The van der Waals surface area contributed by atoms with Gasteiger partial charge in [-0.3, -0.25) is 20.2 Å². The van der Waals surface area contributed by atoms with Crippen LogP contribution >= 0.6 is 0 Å². The second kappa shape index (κ2) is 8.91. The van der Waals surface area contributed by atoms with Crippen LogP contribution in [-0.2, 0) is 4.74 Å². The minimum absolute atomic E-state index is 0.000915. The molecule has 0 radical (unpaired) electrons. The summed E-state index contributed by atoms with van der Waals surface area (Å²) in [7, 11) is 1.38. The standard InChI is InChI=1S/C15H16N8O7/c1-29-15-18-13(17-14(19-15)21-2-4-30-5-3-21)20-16-8-9-6-10(22(25)26)7-11(12(9)24)23(27)28/h6-8,24H,2-5H2,1H3,(H,17,18,19,20). The molecule has 30 heavy (non-hydrogen) atoms. The molecule has 2 heterocycles. The summed E-state index contributed by atoms with van der Waals surface area (Å²) in [5.74, 6) is -0.436. The molecule has 1 aliphatic heterocycles. The van der Waals surface area contributed by atoms with E-state index in [0.717, 1.165) is 12.3 Å². The number of phenolic OH excluding ortho intramolecular Hbond substituents is 1. The van der Waals surface area contributed by atoms with E-state index in [9.17, 15) is 25.3 Å². The van der Waals surface area contributed by atoms with Gasteiger partial charge in [0.15, 0.2) is 0 Å². The average Bonchev–Trinajstić information content (AvgIpc) is 2.74. The van der Waals surface area contributed by atoms with Gasteiger partial charge in [0.05, 0.1) is 48.0 Å². The molecule has 0 unspecified atom stereocenters. The van der Waals surface area contributed by atoms with E-state index in [0.29, 0.717) is 38.3 Å². The number of ether oxygens (including phenoxy) is 2. The molecule has 15 nitrogen and oxygen atoms in total. The Bertz CT molecular complexity index is 993. The number of rotatable bonds is 7. The first kappa shape index (κ1) is 20.6. The first-order chi connectivity index (χ1) is 14.4. The van der Waals surface area contributed by atoms with E-state index in [4.69, 9.17) is 9.47 Å². The van der Waals surface area contributed by atoms with Crippen molar-refractivity contribution in [2.45, 2.75) is 0 Å². The van der Waals surface area contributed by atoms with E-state index in [-0.39, 0.29) is 17.5 Å². The number of nitrogens with zero attached hydrogens (tertiary/aromatic N) is 7. The van der Waals surface area contributed by atoms with Crippen molar-refractivity contribution in [2.75, 3.05) is 43.7 Å². The molecule has 1 fully saturated rings. The number of methoxy groups -OCH3 is 1. The van der Waals surface area contributed by atoms with Crippen molar-refractivity contribution in [2.24, 2.45) is 5.10 Å². The lowest BCUT2D eigenvalue weighted by molar-refractivity contribution is -0.394. The van der Waals surface area contributed by atoms with Crippen LogP contribution in [-0.4, -0.2) is 69.5 Å². The van der Waals surface area contributed by atoms with Gasteiger partial charge in [0.2, 0.25) is 11.7 Å². The quantitative estimate of drug-likeness (QED) is 0.362. The number of hydrogen-bond donors (Lipinski definition) is 2. The molecule has 15 heteroatoms. The lowest BCUT2D eigenvalue weighted by atomic mass is 10.1. The Kier molecular flexibility index (Phi) is 6.11. The van der Waals surface area contributed by atoms with Crippen LogP contribution in [0.3, 0.4) is 0 Å². The van der Waals surface area contributed by atoms with E-state index in [1.807, 2.05) is 4.90 Å². The minimum Gasteiger partial charge on any atom is -0.502 e. The van der Waals surface area contributed by atoms with Crippen LogP contribution in [0.4, 0.5) is 23.3 Å². The molecule has 1 saturated heterocycles. The molecule has 0 spiro atoms. The number of nitro benzene ring substituents is 2. The summed E-state index contributed by atoms with van der Waals surface area (Å²) >= 11 is 0. The van der Waals surface area contributed by atoms with E-state index in [1.165, 1.54) is 7.11 Å². The van der Waals surface area contributed by atoms with Gasteiger partial charge in [0, 0.05) is 19.2 Å². The number of non-ortho nitro benzene ring substituents is 1. The average molecular weight is 420 g/mol. The predicted molar refractivity (Wildman–Crippen MR) is 102 cm³/mol. The number of aromatic hydroxyl groups is 1. The molecule has 0 bridgehead atoms. The first-order valence-corrected chi connectivity index (χ1v) is 8.46. The van der Waals surface area contributed by atoms with Crippen molar-refractivity contribution < 1.29 is 24.4 Å². The molecule has 2 aromatic rings. The highest BCUT2D eigenvalue weighted by Crippen LogP contribution is 2.33. The molecule has 0 amide bonds. The van der Waals surface area contributed by atoms with Crippen molar-refractivity contribution >= 4 is 29.5 Å². The van der Waals surface area contributed by atoms with Crippen molar-refractivity contribution in [3.05, 3.63) is 37.9 Å². The van der Waals surface area contributed by atoms with Gasteiger partial charge in [-0.1, -0.05) is 0 Å². The second-order valence-corrected chi connectivity index (χ2v) is 5.83. The fourth-order valence-corrected chi connectivity index (χ4v) is 2.52. The third kappa shape index (κ3) is 4.64. The maximum atomic E-state index is 11.0. The molecule has 1 aromatic heterocycles. The topological polar surface area (TPSA) is 191 Å². The lowest BCUT2D eigenvalue weighted by Gasteiger charge is -2.26. The van der Waals surface area contributed by atoms with Crippen molar-refractivity contribution in [3.8, 4) is 11.8 Å². The maximum Gasteiger partial charge on any atom is 0.322 e. The SMILES string of the molecule is COc1nc(NN=Cc2cc([N+](=O)[O-])cc([N+](=O)[O-])c2O)nc(N2CCOCC2)n1. The molecule has 2 N–H and O–H groups in total.